The van der Waals surface area contributed by atoms with E-state index in [1.54, 1.807) is 23.1 Å². The molecular formula is C18H25N3O5S. The largest absolute Gasteiger partial charge is 0.490 e. The van der Waals surface area contributed by atoms with E-state index in [0.29, 0.717) is 36.8 Å². The molecule has 148 valence electrons. The number of ether oxygens (including phenoxy) is 2. The summed E-state index contributed by atoms with van der Waals surface area (Å²) in [6.45, 7) is 7.17. The molecule has 0 bridgehead atoms. The zero-order valence-corrected chi connectivity index (χ0v) is 16.8. The van der Waals surface area contributed by atoms with Crippen molar-refractivity contribution >= 4 is 15.9 Å². The molecule has 0 aliphatic rings. The third-order valence-corrected chi connectivity index (χ3v) is 4.94. The molecule has 9 heteroatoms. The number of carbonyl (C=O) groups is 1. The van der Waals surface area contributed by atoms with Gasteiger partial charge in [-0.1, -0.05) is 0 Å². The lowest BCUT2D eigenvalue weighted by Gasteiger charge is -2.19. The fraction of sp³-hybridized carbons (Fsp3) is 0.444. The van der Waals surface area contributed by atoms with Crippen molar-refractivity contribution in [3.63, 3.8) is 0 Å². The lowest BCUT2D eigenvalue weighted by molar-refractivity contribution is -0.132. The summed E-state index contributed by atoms with van der Waals surface area (Å²) >= 11 is 0. The summed E-state index contributed by atoms with van der Waals surface area (Å²) in [4.78, 5) is 17.9. The smallest absolute Gasteiger partial charge is 0.260 e. The molecule has 0 saturated carbocycles. The van der Waals surface area contributed by atoms with E-state index in [0.717, 1.165) is 10.2 Å². The van der Waals surface area contributed by atoms with Crippen molar-refractivity contribution < 1.29 is 22.7 Å². The van der Waals surface area contributed by atoms with Gasteiger partial charge < -0.3 is 14.4 Å². The van der Waals surface area contributed by atoms with E-state index in [1.807, 2.05) is 20.8 Å². The number of hydrogen-bond donors (Lipinski definition) is 0. The van der Waals surface area contributed by atoms with Gasteiger partial charge in [0.25, 0.3) is 5.91 Å². The van der Waals surface area contributed by atoms with Gasteiger partial charge in [0.15, 0.2) is 23.9 Å². The lowest BCUT2D eigenvalue weighted by atomic mass is 10.2. The monoisotopic (exact) mass is 395 g/mol. The minimum Gasteiger partial charge on any atom is -0.490 e. The third-order valence-electron chi connectivity index (χ3n) is 3.93. The van der Waals surface area contributed by atoms with Crippen LogP contribution in [0, 0.1) is 0 Å². The van der Waals surface area contributed by atoms with E-state index in [1.165, 1.54) is 12.4 Å². The van der Waals surface area contributed by atoms with E-state index in [-0.39, 0.29) is 18.3 Å². The van der Waals surface area contributed by atoms with Crippen LogP contribution >= 0.6 is 0 Å². The van der Waals surface area contributed by atoms with Gasteiger partial charge in [0.05, 0.1) is 12.9 Å². The number of carbonyl (C=O) groups excluding carboxylic acids is 1. The van der Waals surface area contributed by atoms with Crippen molar-refractivity contribution in [3.05, 3.63) is 30.6 Å². The highest BCUT2D eigenvalue weighted by Crippen LogP contribution is 2.32. The molecule has 1 aromatic carbocycles. The first-order chi connectivity index (χ1) is 12.8. The standard InChI is InChI=1S/C18H25N3O5S/c1-5-20(6-2)17(22)13-26-15-9-8-14(12-16(15)25-7-3)18-19-10-11-21(18)27(4,23)24/h8-12H,5-7,13H2,1-4H3. The van der Waals surface area contributed by atoms with Crippen LogP contribution in [0.25, 0.3) is 11.4 Å². The van der Waals surface area contributed by atoms with Gasteiger partial charge in [-0.15, -0.1) is 0 Å². The summed E-state index contributed by atoms with van der Waals surface area (Å²) < 4.78 is 36.1. The third kappa shape index (κ3) is 5.00. The van der Waals surface area contributed by atoms with E-state index in [9.17, 15) is 13.2 Å². The second-order valence-electron chi connectivity index (χ2n) is 5.76. The number of aromatic nitrogens is 2. The molecule has 1 aromatic heterocycles. The van der Waals surface area contributed by atoms with Crippen molar-refractivity contribution in [2.75, 3.05) is 32.6 Å². The molecule has 0 unspecified atom stereocenters. The number of amides is 1. The average molecular weight is 395 g/mol. The number of benzene rings is 1. The number of imidazole rings is 1. The van der Waals surface area contributed by atoms with E-state index < -0.39 is 10.0 Å². The molecule has 0 spiro atoms. The quantitative estimate of drug-likeness (QED) is 0.645. The molecule has 0 aliphatic heterocycles. The van der Waals surface area contributed by atoms with Crippen molar-refractivity contribution in [1.82, 2.24) is 13.9 Å². The molecule has 0 atom stereocenters. The Hall–Kier alpha value is -2.55. The van der Waals surface area contributed by atoms with Gasteiger partial charge in [0.2, 0.25) is 10.0 Å². The molecule has 8 nitrogen and oxygen atoms in total. The molecule has 0 radical (unpaired) electrons. The zero-order valence-electron chi connectivity index (χ0n) is 16.0. The molecule has 2 aromatic rings. The number of nitrogens with zero attached hydrogens (tertiary/aromatic N) is 3. The predicted octanol–water partition coefficient (Wildman–Crippen LogP) is 2.00. The van der Waals surface area contributed by atoms with E-state index in [2.05, 4.69) is 4.98 Å². The average Bonchev–Trinajstić information content (AvgIpc) is 3.12. The Morgan fingerprint density at radius 2 is 1.85 bits per heavy atom. The van der Waals surface area contributed by atoms with E-state index >= 15 is 0 Å². The van der Waals surface area contributed by atoms with Crippen LogP contribution in [0.4, 0.5) is 0 Å². The SMILES string of the molecule is CCOc1cc(-c2nccn2S(C)(=O)=O)ccc1OCC(=O)N(CC)CC. The van der Waals surface area contributed by atoms with Crippen molar-refractivity contribution in [2.24, 2.45) is 0 Å². The number of likely N-dealkylation sites (N-methyl/N-ethyl adjacent to an activating group) is 1. The summed E-state index contributed by atoms with van der Waals surface area (Å²) in [5, 5.41) is 0. The Morgan fingerprint density at radius 3 is 2.44 bits per heavy atom. The molecule has 0 saturated heterocycles. The summed E-state index contributed by atoms with van der Waals surface area (Å²) in [6, 6.07) is 4.99. The highest BCUT2D eigenvalue weighted by molar-refractivity contribution is 7.89. The van der Waals surface area contributed by atoms with Gasteiger partial charge >= 0.3 is 0 Å². The maximum Gasteiger partial charge on any atom is 0.260 e. The number of rotatable bonds is 9. The van der Waals surface area contributed by atoms with Gasteiger partial charge in [0.1, 0.15) is 0 Å². The van der Waals surface area contributed by atoms with Crippen molar-refractivity contribution in [3.8, 4) is 22.9 Å². The number of hydrogen-bond acceptors (Lipinski definition) is 6. The summed E-state index contributed by atoms with van der Waals surface area (Å²) in [7, 11) is -3.48. The molecule has 0 aliphatic carbocycles. The van der Waals surface area contributed by atoms with Crippen LogP contribution in [0.3, 0.4) is 0 Å². The topological polar surface area (TPSA) is 90.7 Å². The molecule has 27 heavy (non-hydrogen) atoms. The Labute approximate surface area is 159 Å². The Kier molecular flexibility index (Phi) is 6.84. The summed E-state index contributed by atoms with van der Waals surface area (Å²) in [6.07, 6.45) is 3.92. The van der Waals surface area contributed by atoms with Gasteiger partial charge in [0, 0.05) is 31.0 Å². The highest BCUT2D eigenvalue weighted by atomic mass is 32.2. The summed E-state index contributed by atoms with van der Waals surface area (Å²) in [5.41, 5.74) is 0.566. The van der Waals surface area contributed by atoms with Gasteiger partial charge in [-0.25, -0.2) is 17.4 Å². The fourth-order valence-corrected chi connectivity index (χ4v) is 3.35. The maximum absolute atomic E-state index is 12.1. The molecule has 0 fully saturated rings. The first-order valence-electron chi connectivity index (χ1n) is 8.73. The van der Waals surface area contributed by atoms with Crippen LogP contribution in [0.5, 0.6) is 11.5 Å². The Bertz CT molecular complexity index is 888. The molecule has 2 rings (SSSR count). The fourth-order valence-electron chi connectivity index (χ4n) is 2.60. The van der Waals surface area contributed by atoms with Gasteiger partial charge in [-0.2, -0.15) is 0 Å². The van der Waals surface area contributed by atoms with Crippen LogP contribution in [0.15, 0.2) is 30.6 Å². The van der Waals surface area contributed by atoms with Crippen LogP contribution in [0.2, 0.25) is 0 Å². The van der Waals surface area contributed by atoms with Crippen LogP contribution in [-0.2, 0) is 14.8 Å². The molecular weight excluding hydrogens is 370 g/mol. The first-order valence-corrected chi connectivity index (χ1v) is 10.6. The normalized spacial score (nSPS) is 11.3. The lowest BCUT2D eigenvalue weighted by Crippen LogP contribution is -2.34. The molecule has 1 heterocycles. The highest BCUT2D eigenvalue weighted by Gasteiger charge is 2.17. The van der Waals surface area contributed by atoms with Crippen molar-refractivity contribution in [1.29, 1.82) is 0 Å². The summed E-state index contributed by atoms with van der Waals surface area (Å²) in [5.74, 6) is 1.01. The minimum absolute atomic E-state index is 0.0981. The van der Waals surface area contributed by atoms with Gasteiger partial charge in [-0.3, -0.25) is 4.79 Å². The molecule has 0 N–H and O–H groups in total. The van der Waals surface area contributed by atoms with E-state index in [4.69, 9.17) is 9.47 Å². The van der Waals surface area contributed by atoms with Crippen LogP contribution in [-0.4, -0.2) is 60.7 Å². The predicted molar refractivity (Wildman–Crippen MR) is 102 cm³/mol. The van der Waals surface area contributed by atoms with Crippen molar-refractivity contribution in [2.45, 2.75) is 20.8 Å². The van der Waals surface area contributed by atoms with Crippen LogP contribution in [0.1, 0.15) is 20.8 Å². The second-order valence-corrected chi connectivity index (χ2v) is 7.62. The van der Waals surface area contributed by atoms with Crippen LogP contribution < -0.4 is 9.47 Å². The Morgan fingerprint density at radius 1 is 1.15 bits per heavy atom. The second kappa shape index (κ2) is 8.90. The van der Waals surface area contributed by atoms with Gasteiger partial charge in [-0.05, 0) is 39.0 Å². The minimum atomic E-state index is -3.48. The zero-order chi connectivity index (χ0) is 20.0. The molecule has 1 amide bonds. The first kappa shape index (κ1) is 20.8. The Balaban J connectivity index is 2.30. The maximum atomic E-state index is 12.1.